The van der Waals surface area contributed by atoms with Crippen molar-refractivity contribution in [1.29, 1.82) is 0 Å². The lowest BCUT2D eigenvalue weighted by molar-refractivity contribution is -0.192. The lowest BCUT2D eigenvalue weighted by atomic mass is 9.86. The van der Waals surface area contributed by atoms with Crippen molar-refractivity contribution in [2.75, 3.05) is 53.4 Å². The van der Waals surface area contributed by atoms with E-state index in [1.807, 2.05) is 28.3 Å². The highest BCUT2D eigenvalue weighted by Crippen LogP contribution is 2.35. The zero-order valence-corrected chi connectivity index (χ0v) is 19.1. The van der Waals surface area contributed by atoms with Gasteiger partial charge in [0, 0.05) is 76.8 Å². The Morgan fingerprint density at radius 1 is 1.25 bits per heavy atom. The van der Waals surface area contributed by atoms with Gasteiger partial charge in [-0.3, -0.25) is 9.69 Å². The highest BCUT2D eigenvalue weighted by atomic mass is 32.1. The number of urea groups is 1. The second-order valence-corrected chi connectivity index (χ2v) is 9.10. The van der Waals surface area contributed by atoms with E-state index in [1.54, 1.807) is 30.3 Å². The molecule has 1 aromatic rings. The molecule has 1 spiro atoms. The molecule has 1 unspecified atom stereocenters. The second-order valence-electron chi connectivity index (χ2n) is 8.12. The number of carboxylic acids is 1. The van der Waals surface area contributed by atoms with E-state index in [0.717, 1.165) is 37.7 Å². The minimum Gasteiger partial charge on any atom is -0.475 e. The van der Waals surface area contributed by atoms with Crippen molar-refractivity contribution in [2.45, 2.75) is 26.1 Å². The molecule has 32 heavy (non-hydrogen) atoms. The predicted octanol–water partition coefficient (Wildman–Crippen LogP) is 1.81. The molecule has 0 aliphatic carbocycles. The summed E-state index contributed by atoms with van der Waals surface area (Å²) in [6.45, 7) is 7.22. The number of alkyl halides is 3. The third-order valence-corrected chi connectivity index (χ3v) is 6.06. The van der Waals surface area contributed by atoms with Crippen molar-refractivity contribution in [2.24, 2.45) is 5.41 Å². The van der Waals surface area contributed by atoms with Gasteiger partial charge in [-0.1, -0.05) is 0 Å². The highest BCUT2D eigenvalue weighted by Gasteiger charge is 2.47. The van der Waals surface area contributed by atoms with Gasteiger partial charge in [0.05, 0.1) is 6.54 Å². The van der Waals surface area contributed by atoms with Crippen LogP contribution in [-0.4, -0.2) is 107 Å². The molecule has 9 nitrogen and oxygen atoms in total. The van der Waals surface area contributed by atoms with Gasteiger partial charge in [0.15, 0.2) is 0 Å². The van der Waals surface area contributed by atoms with E-state index < -0.39 is 12.1 Å². The van der Waals surface area contributed by atoms with Gasteiger partial charge in [0.1, 0.15) is 5.01 Å². The molecule has 0 bridgehead atoms. The summed E-state index contributed by atoms with van der Waals surface area (Å²) < 4.78 is 31.7. The Morgan fingerprint density at radius 3 is 2.38 bits per heavy atom. The summed E-state index contributed by atoms with van der Waals surface area (Å²) in [7, 11) is 3.57. The van der Waals surface area contributed by atoms with Gasteiger partial charge >= 0.3 is 18.2 Å². The lowest BCUT2D eigenvalue weighted by Crippen LogP contribution is -2.47. The number of halogens is 3. The smallest absolute Gasteiger partial charge is 0.475 e. The number of hydrogen-bond donors (Lipinski definition) is 1. The predicted molar refractivity (Wildman–Crippen MR) is 111 cm³/mol. The van der Waals surface area contributed by atoms with Gasteiger partial charge in [-0.2, -0.15) is 13.2 Å². The summed E-state index contributed by atoms with van der Waals surface area (Å²) in [5.41, 5.74) is -0.188. The number of likely N-dealkylation sites (tertiary alicyclic amines) is 1. The molecule has 2 fully saturated rings. The van der Waals surface area contributed by atoms with E-state index >= 15 is 0 Å². The van der Waals surface area contributed by atoms with Crippen LogP contribution in [0.3, 0.4) is 0 Å². The number of aromatic nitrogens is 1. The van der Waals surface area contributed by atoms with E-state index in [0.29, 0.717) is 19.5 Å². The van der Waals surface area contributed by atoms with Crippen LogP contribution in [-0.2, 0) is 16.1 Å². The second kappa shape index (κ2) is 10.5. The summed E-state index contributed by atoms with van der Waals surface area (Å²) in [6, 6.07) is 0.0258. The molecule has 1 aromatic heterocycles. The van der Waals surface area contributed by atoms with Gasteiger partial charge in [0.2, 0.25) is 5.91 Å². The molecule has 3 rings (SSSR count). The fraction of sp³-hybridized carbons (Fsp3) is 0.684. The number of carbonyl (C=O) groups excluding carboxylic acids is 2. The van der Waals surface area contributed by atoms with Crippen LogP contribution >= 0.6 is 11.3 Å². The maximum atomic E-state index is 12.6. The molecule has 0 radical (unpaired) electrons. The normalized spacial score (nSPS) is 21.9. The van der Waals surface area contributed by atoms with Crippen molar-refractivity contribution >= 4 is 29.2 Å². The number of carboxylic acid groups (broad SMARTS) is 1. The Hall–Kier alpha value is -2.41. The third kappa shape index (κ3) is 6.79. The Labute approximate surface area is 188 Å². The highest BCUT2D eigenvalue weighted by molar-refractivity contribution is 7.09. The SMILES string of the molecule is CCN1CC2(CC1=O)CN(Cc1nccs1)CCN(C(=O)N(C)C)C2.O=C(O)C(F)(F)F. The molecule has 3 heterocycles. The van der Waals surface area contributed by atoms with E-state index in [4.69, 9.17) is 9.90 Å². The molecule has 180 valence electrons. The summed E-state index contributed by atoms with van der Waals surface area (Å²) >= 11 is 1.65. The average molecular weight is 480 g/mol. The average Bonchev–Trinajstić information content (AvgIpc) is 3.26. The van der Waals surface area contributed by atoms with Crippen LogP contribution in [0.2, 0.25) is 0 Å². The van der Waals surface area contributed by atoms with Crippen LogP contribution in [0.25, 0.3) is 0 Å². The fourth-order valence-corrected chi connectivity index (χ4v) is 4.59. The van der Waals surface area contributed by atoms with E-state index in [-0.39, 0.29) is 17.4 Å². The van der Waals surface area contributed by atoms with Gasteiger partial charge in [-0.05, 0) is 6.92 Å². The molecule has 13 heteroatoms. The summed E-state index contributed by atoms with van der Waals surface area (Å²) in [4.78, 5) is 46.1. The van der Waals surface area contributed by atoms with Gasteiger partial charge in [-0.15, -0.1) is 11.3 Å². The van der Waals surface area contributed by atoms with Gasteiger partial charge < -0.3 is 19.8 Å². The molecule has 2 aliphatic rings. The molecule has 2 aliphatic heterocycles. The lowest BCUT2D eigenvalue weighted by Gasteiger charge is -2.34. The number of thiazole rings is 1. The largest absolute Gasteiger partial charge is 0.490 e. The standard InChI is InChI=1S/C17H27N5O2S.C2HF3O2/c1-4-21-12-17(9-15(21)23)11-20(10-14-18-5-8-25-14)6-7-22(13-17)16(24)19(2)3;3-2(4,5)1(6)7/h5,8H,4,6-7,9-13H2,1-3H3;(H,6,7). The molecule has 1 atom stereocenters. The first-order valence-corrected chi connectivity index (χ1v) is 10.9. The van der Waals surface area contributed by atoms with Crippen molar-refractivity contribution in [1.82, 2.24) is 24.6 Å². The molecule has 1 N–H and O–H groups in total. The van der Waals surface area contributed by atoms with Crippen molar-refractivity contribution < 1.29 is 32.7 Å². The topological polar surface area (TPSA) is 97.3 Å². The minimum absolute atomic E-state index is 0.0258. The number of hydrogen-bond acceptors (Lipinski definition) is 6. The number of amides is 3. The van der Waals surface area contributed by atoms with Gasteiger partial charge in [0.25, 0.3) is 0 Å². The Balaban J connectivity index is 0.000000451. The molecule has 2 saturated heterocycles. The Kier molecular flexibility index (Phi) is 8.46. The number of carbonyl (C=O) groups is 3. The first-order valence-electron chi connectivity index (χ1n) is 10.0. The zero-order valence-electron chi connectivity index (χ0n) is 18.3. The third-order valence-electron chi connectivity index (χ3n) is 5.30. The summed E-state index contributed by atoms with van der Waals surface area (Å²) in [5.74, 6) is -2.55. The van der Waals surface area contributed by atoms with E-state index in [1.165, 1.54) is 0 Å². The Morgan fingerprint density at radius 2 is 1.91 bits per heavy atom. The van der Waals surface area contributed by atoms with Crippen LogP contribution in [0.15, 0.2) is 11.6 Å². The quantitative estimate of drug-likeness (QED) is 0.710. The first-order chi connectivity index (χ1) is 14.9. The van der Waals surface area contributed by atoms with Crippen LogP contribution in [0.4, 0.5) is 18.0 Å². The number of rotatable bonds is 3. The van der Waals surface area contributed by atoms with Crippen LogP contribution in [0.5, 0.6) is 0 Å². The van der Waals surface area contributed by atoms with Crippen LogP contribution < -0.4 is 0 Å². The number of nitrogens with zero attached hydrogens (tertiary/aromatic N) is 5. The van der Waals surface area contributed by atoms with Crippen molar-refractivity contribution in [3.05, 3.63) is 16.6 Å². The zero-order chi connectivity index (χ0) is 24.1. The van der Waals surface area contributed by atoms with Crippen molar-refractivity contribution in [3.63, 3.8) is 0 Å². The van der Waals surface area contributed by atoms with E-state index in [2.05, 4.69) is 9.88 Å². The molecule has 3 amide bonds. The van der Waals surface area contributed by atoms with Crippen LogP contribution in [0.1, 0.15) is 18.4 Å². The molecule has 0 aromatic carbocycles. The van der Waals surface area contributed by atoms with Crippen LogP contribution in [0, 0.1) is 5.41 Å². The first kappa shape index (κ1) is 25.8. The Bertz CT molecular complexity index is 805. The summed E-state index contributed by atoms with van der Waals surface area (Å²) in [5, 5.41) is 10.2. The van der Waals surface area contributed by atoms with Gasteiger partial charge in [-0.25, -0.2) is 14.6 Å². The molecule has 0 saturated carbocycles. The molecular formula is C19H28F3N5O4S. The maximum Gasteiger partial charge on any atom is 0.490 e. The molecular weight excluding hydrogens is 451 g/mol. The maximum absolute atomic E-state index is 12.6. The monoisotopic (exact) mass is 479 g/mol. The van der Waals surface area contributed by atoms with E-state index in [9.17, 15) is 22.8 Å². The van der Waals surface area contributed by atoms with Crippen molar-refractivity contribution in [3.8, 4) is 0 Å². The fourth-order valence-electron chi connectivity index (χ4n) is 3.93. The number of aliphatic carboxylic acids is 1. The summed E-state index contributed by atoms with van der Waals surface area (Å²) in [6.07, 6.45) is -2.74. The minimum atomic E-state index is -5.08.